The second-order valence-electron chi connectivity index (χ2n) is 10.2. The zero-order chi connectivity index (χ0) is 21.5. The minimum absolute atomic E-state index is 0.242. The summed E-state index contributed by atoms with van der Waals surface area (Å²) >= 11 is 0. The molecule has 2 aromatic rings. The van der Waals surface area contributed by atoms with Crippen LogP contribution in [0.1, 0.15) is 34.6 Å². The highest BCUT2D eigenvalue weighted by Crippen LogP contribution is 2.39. The summed E-state index contributed by atoms with van der Waals surface area (Å²) < 4.78 is 8.43. The van der Waals surface area contributed by atoms with Crippen LogP contribution in [-0.2, 0) is 0 Å². The highest BCUT2D eigenvalue weighted by molar-refractivity contribution is 6.91. The van der Waals surface area contributed by atoms with Gasteiger partial charge in [-0.1, -0.05) is 53.5 Å². The van der Waals surface area contributed by atoms with Crippen molar-refractivity contribution in [1.29, 1.82) is 0 Å². The molecule has 0 radical (unpaired) electrons. The smallest absolute Gasteiger partial charge is 0.410 e. The summed E-state index contributed by atoms with van der Waals surface area (Å²) in [6.45, 7) is 24.1. The third kappa shape index (κ3) is 4.08. The van der Waals surface area contributed by atoms with Gasteiger partial charge >= 0.3 is 6.09 Å². The highest BCUT2D eigenvalue weighted by Gasteiger charge is 2.39. The number of hydrogen-bond donors (Lipinski definition) is 0. The summed E-state index contributed by atoms with van der Waals surface area (Å²) in [5, 5.41) is 2.73. The van der Waals surface area contributed by atoms with Gasteiger partial charge in [-0.25, -0.2) is 4.79 Å². The predicted octanol–water partition coefficient (Wildman–Crippen LogP) is 5.88. The molecule has 1 heterocycles. The third-order valence-corrected chi connectivity index (χ3v) is 13.5. The van der Waals surface area contributed by atoms with E-state index < -0.39 is 16.3 Å². The Labute approximate surface area is 173 Å². The third-order valence-electron chi connectivity index (χ3n) is 6.24. The first-order valence-corrected chi connectivity index (χ1v) is 16.8. The lowest BCUT2D eigenvalue weighted by atomic mass is 10.2. The molecule has 0 aliphatic rings. The Morgan fingerprint density at radius 2 is 1.61 bits per heavy atom. The second-order valence-corrected chi connectivity index (χ2v) is 20.3. The molecule has 0 aliphatic carbocycles. The minimum Gasteiger partial charge on any atom is -0.410 e. The van der Waals surface area contributed by atoms with E-state index in [9.17, 15) is 4.79 Å². The van der Waals surface area contributed by atoms with Crippen LogP contribution in [0.2, 0.25) is 37.8 Å². The van der Waals surface area contributed by atoms with E-state index in [2.05, 4.69) is 76.1 Å². The molecule has 0 atom stereocenters. The molecule has 156 valence electrons. The molecule has 2 rings (SSSR count). The number of hydrogen-bond acceptors (Lipinski definition) is 2. The van der Waals surface area contributed by atoms with Gasteiger partial charge in [0.25, 0.3) is 0 Å². The van der Waals surface area contributed by atoms with E-state index in [1.165, 1.54) is 16.1 Å². The molecule has 0 fully saturated rings. The zero-order valence-electron chi connectivity index (χ0n) is 19.4. The van der Waals surface area contributed by atoms with E-state index in [1.807, 2.05) is 19.9 Å². The van der Waals surface area contributed by atoms with Crippen molar-refractivity contribution < 1.29 is 9.53 Å². The maximum Gasteiger partial charge on any atom is 0.415 e. The summed E-state index contributed by atoms with van der Waals surface area (Å²) in [6, 6.07) is 6.39. The van der Waals surface area contributed by atoms with Crippen molar-refractivity contribution in [2.24, 2.45) is 0 Å². The maximum absolute atomic E-state index is 12.6. The predicted molar refractivity (Wildman–Crippen MR) is 126 cm³/mol. The lowest BCUT2D eigenvalue weighted by Crippen LogP contribution is -2.45. The Bertz CT molecular complexity index is 854. The average Bonchev–Trinajstić information content (AvgIpc) is 2.97. The summed E-state index contributed by atoms with van der Waals surface area (Å²) in [7, 11) is -3.49. The minimum atomic E-state index is -1.75. The Balaban J connectivity index is 2.66. The molecule has 0 bridgehead atoms. The van der Waals surface area contributed by atoms with Crippen molar-refractivity contribution >= 4 is 38.5 Å². The van der Waals surface area contributed by atoms with Gasteiger partial charge in [-0.05, 0) is 48.5 Å². The number of carbonyl (C=O) groups is 1. The first kappa shape index (κ1) is 22.7. The molecule has 0 N–H and O–H groups in total. The highest BCUT2D eigenvalue weighted by atomic mass is 28.3. The maximum atomic E-state index is 12.6. The quantitative estimate of drug-likeness (QED) is 0.568. The van der Waals surface area contributed by atoms with Crippen molar-refractivity contribution in [1.82, 2.24) is 9.13 Å². The van der Waals surface area contributed by atoms with Gasteiger partial charge in [-0.15, -0.1) is 0 Å². The zero-order valence-corrected chi connectivity index (χ0v) is 21.4. The lowest BCUT2D eigenvalue weighted by molar-refractivity contribution is 0.157. The fourth-order valence-electron chi connectivity index (χ4n) is 3.54. The molecule has 0 saturated heterocycles. The van der Waals surface area contributed by atoms with Crippen LogP contribution < -0.4 is 9.92 Å². The van der Waals surface area contributed by atoms with Gasteiger partial charge in [0, 0.05) is 24.0 Å². The molecule has 1 aromatic heterocycles. The fraction of sp³-hybridized carbons (Fsp3) is 0.591. The monoisotopic (exact) mass is 418 g/mol. The molecule has 0 unspecified atom stereocenters. The van der Waals surface area contributed by atoms with Crippen LogP contribution in [0.15, 0.2) is 24.4 Å². The number of carbonyl (C=O) groups excluding carboxylic acids is 1. The molecule has 1 aromatic carbocycles. The number of aromatic nitrogens is 1. The van der Waals surface area contributed by atoms with E-state index in [4.69, 9.17) is 4.74 Å². The van der Waals surface area contributed by atoms with E-state index in [0.717, 1.165) is 5.75 Å². The second kappa shape index (κ2) is 7.71. The number of ether oxygens (including phenoxy) is 1. The van der Waals surface area contributed by atoms with E-state index in [-0.39, 0.29) is 11.1 Å². The van der Waals surface area contributed by atoms with Crippen LogP contribution in [0.5, 0.6) is 5.75 Å². The Morgan fingerprint density at radius 3 is 2.07 bits per heavy atom. The van der Waals surface area contributed by atoms with Gasteiger partial charge < -0.3 is 13.9 Å². The van der Waals surface area contributed by atoms with Gasteiger partial charge in [0.05, 0.1) is 8.07 Å². The molecule has 6 heteroatoms. The Hall–Kier alpha value is -1.54. The summed E-state index contributed by atoms with van der Waals surface area (Å²) in [5.74, 6) is 0.733. The van der Waals surface area contributed by atoms with Crippen molar-refractivity contribution in [3.05, 3.63) is 24.4 Å². The van der Waals surface area contributed by atoms with Crippen molar-refractivity contribution in [2.75, 3.05) is 13.1 Å². The van der Waals surface area contributed by atoms with Crippen molar-refractivity contribution in [3.63, 3.8) is 0 Å². The van der Waals surface area contributed by atoms with Gasteiger partial charge in [-0.3, -0.25) is 0 Å². The van der Waals surface area contributed by atoms with Crippen molar-refractivity contribution in [2.45, 2.75) is 72.4 Å². The molecular formula is C22H38N2O2Si2. The number of amides is 1. The largest absolute Gasteiger partial charge is 0.415 e. The van der Waals surface area contributed by atoms with Gasteiger partial charge in [0.15, 0.2) is 8.24 Å². The molecule has 0 spiro atoms. The molecular weight excluding hydrogens is 380 g/mol. The van der Waals surface area contributed by atoms with E-state index >= 15 is 0 Å². The number of fused-ring (bicyclic) bond motifs is 1. The molecule has 0 saturated carbocycles. The lowest BCUT2D eigenvalue weighted by Gasteiger charge is -2.38. The average molecular weight is 419 g/mol. The van der Waals surface area contributed by atoms with E-state index in [0.29, 0.717) is 13.1 Å². The first-order chi connectivity index (χ1) is 12.8. The fourth-order valence-corrected chi connectivity index (χ4v) is 7.40. The SMILES string of the molecule is CCN(CC)C(=O)Oc1ccc2c(ccn2[Si](C)(C)C(C)(C)C)c1[Si](C)(C)C. The van der Waals surface area contributed by atoms with Crippen LogP contribution in [0.25, 0.3) is 10.9 Å². The standard InChI is InChI=1S/C22H38N2O2Si2/c1-11-23(12-2)21(25)26-19-14-13-18-17(20(19)27(6,7)8)15-16-24(18)28(9,10)22(3,4)5/h13-16H,11-12H2,1-10H3. The van der Waals surface area contributed by atoms with Crippen LogP contribution in [0, 0.1) is 0 Å². The number of nitrogens with zero attached hydrogens (tertiary/aromatic N) is 2. The summed E-state index contributed by atoms with van der Waals surface area (Å²) in [4.78, 5) is 14.3. The Kier molecular flexibility index (Phi) is 6.26. The van der Waals surface area contributed by atoms with Crippen molar-refractivity contribution in [3.8, 4) is 5.75 Å². The number of benzene rings is 1. The topological polar surface area (TPSA) is 34.5 Å². The number of rotatable bonds is 5. The Morgan fingerprint density at radius 1 is 1.04 bits per heavy atom. The molecule has 0 aliphatic heterocycles. The normalized spacial score (nSPS) is 13.1. The molecule has 28 heavy (non-hydrogen) atoms. The van der Waals surface area contributed by atoms with Crippen LogP contribution >= 0.6 is 0 Å². The summed E-state index contributed by atoms with van der Waals surface area (Å²) in [6.07, 6.45) is 1.99. The summed E-state index contributed by atoms with van der Waals surface area (Å²) in [5.41, 5.74) is 1.27. The van der Waals surface area contributed by atoms with Gasteiger partial charge in [-0.2, -0.15) is 0 Å². The first-order valence-electron chi connectivity index (χ1n) is 10.4. The van der Waals surface area contributed by atoms with E-state index in [1.54, 1.807) is 4.90 Å². The van der Waals surface area contributed by atoms with Crippen LogP contribution in [-0.4, -0.2) is 44.6 Å². The van der Waals surface area contributed by atoms with Gasteiger partial charge in [0.1, 0.15) is 5.75 Å². The molecule has 4 nitrogen and oxygen atoms in total. The van der Waals surface area contributed by atoms with Crippen LogP contribution in [0.4, 0.5) is 4.79 Å². The van der Waals surface area contributed by atoms with Crippen LogP contribution in [0.3, 0.4) is 0 Å². The van der Waals surface area contributed by atoms with Gasteiger partial charge in [0.2, 0.25) is 0 Å². The molecule has 1 amide bonds.